The van der Waals surface area contributed by atoms with E-state index in [0.29, 0.717) is 5.69 Å². The quantitative estimate of drug-likeness (QED) is 0.614. The largest absolute Gasteiger partial charge is 0.506 e. The minimum Gasteiger partial charge on any atom is -0.506 e. The first kappa shape index (κ1) is 10.5. The normalized spacial score (nSPS) is 12.2. The highest BCUT2D eigenvalue weighted by Gasteiger charge is 2.09. The average molecular weight is 194 g/mol. The lowest BCUT2D eigenvalue weighted by molar-refractivity contribution is -0.117. The standard InChI is InChI=1S/C10H14N2O2/c1-6-3-4-9(13)8(5-6)12-10(14)7(2)11/h3-5,7,13H,11H2,1-2H3,(H,12,14). The zero-order valence-electron chi connectivity index (χ0n) is 8.24. The number of rotatable bonds is 2. The Kier molecular flexibility index (Phi) is 3.09. The van der Waals surface area contributed by atoms with Gasteiger partial charge in [-0.05, 0) is 31.5 Å². The second kappa shape index (κ2) is 4.11. The third-order valence-corrected chi connectivity index (χ3v) is 1.82. The first-order chi connectivity index (χ1) is 6.50. The predicted octanol–water partition coefficient (Wildman–Crippen LogP) is 0.986. The summed E-state index contributed by atoms with van der Waals surface area (Å²) in [6, 6.07) is 4.40. The van der Waals surface area contributed by atoms with Gasteiger partial charge in [0.1, 0.15) is 5.75 Å². The van der Waals surface area contributed by atoms with Gasteiger partial charge >= 0.3 is 0 Å². The van der Waals surface area contributed by atoms with Gasteiger partial charge in [0.25, 0.3) is 0 Å². The Labute approximate surface area is 82.7 Å². The molecule has 0 bridgehead atoms. The molecule has 1 rings (SSSR count). The van der Waals surface area contributed by atoms with Crippen LogP contribution in [0.2, 0.25) is 0 Å². The molecule has 0 aromatic heterocycles. The van der Waals surface area contributed by atoms with Gasteiger partial charge in [-0.1, -0.05) is 6.07 Å². The lowest BCUT2D eigenvalue weighted by Crippen LogP contribution is -2.32. The molecule has 0 heterocycles. The van der Waals surface area contributed by atoms with Gasteiger partial charge in [-0.15, -0.1) is 0 Å². The van der Waals surface area contributed by atoms with Crippen molar-refractivity contribution in [1.82, 2.24) is 0 Å². The van der Waals surface area contributed by atoms with Crippen molar-refractivity contribution in [2.75, 3.05) is 5.32 Å². The number of phenols is 1. The van der Waals surface area contributed by atoms with Crippen LogP contribution in [0, 0.1) is 6.92 Å². The molecular weight excluding hydrogens is 180 g/mol. The zero-order valence-corrected chi connectivity index (χ0v) is 8.24. The second-order valence-corrected chi connectivity index (χ2v) is 3.30. The monoisotopic (exact) mass is 194 g/mol. The third kappa shape index (κ3) is 2.47. The average Bonchev–Trinajstić information content (AvgIpc) is 2.11. The highest BCUT2D eigenvalue weighted by molar-refractivity contribution is 5.95. The van der Waals surface area contributed by atoms with Crippen LogP contribution in [-0.2, 0) is 4.79 Å². The Balaban J connectivity index is 2.86. The van der Waals surface area contributed by atoms with Gasteiger partial charge in [0.05, 0.1) is 11.7 Å². The van der Waals surface area contributed by atoms with Crippen LogP contribution >= 0.6 is 0 Å². The van der Waals surface area contributed by atoms with Gasteiger partial charge in [0, 0.05) is 0 Å². The first-order valence-electron chi connectivity index (χ1n) is 4.37. The van der Waals surface area contributed by atoms with Crippen molar-refractivity contribution in [3.63, 3.8) is 0 Å². The number of aryl methyl sites for hydroxylation is 1. The van der Waals surface area contributed by atoms with E-state index in [2.05, 4.69) is 5.32 Å². The molecule has 0 fully saturated rings. The Morgan fingerprint density at radius 2 is 2.21 bits per heavy atom. The number of phenolic OH excluding ortho intramolecular Hbond substituents is 1. The minimum atomic E-state index is -0.588. The summed E-state index contributed by atoms with van der Waals surface area (Å²) in [5.41, 5.74) is 6.73. The van der Waals surface area contributed by atoms with Gasteiger partial charge in [-0.25, -0.2) is 0 Å². The lowest BCUT2D eigenvalue weighted by atomic mass is 10.2. The third-order valence-electron chi connectivity index (χ3n) is 1.82. The van der Waals surface area contributed by atoms with E-state index in [0.717, 1.165) is 5.56 Å². The summed E-state index contributed by atoms with van der Waals surface area (Å²) in [5.74, 6) is -0.268. The summed E-state index contributed by atoms with van der Waals surface area (Å²) in [7, 11) is 0. The number of aromatic hydroxyl groups is 1. The van der Waals surface area contributed by atoms with Crippen molar-refractivity contribution >= 4 is 11.6 Å². The molecule has 4 heteroatoms. The molecule has 1 unspecified atom stereocenters. The van der Waals surface area contributed by atoms with E-state index in [9.17, 15) is 9.90 Å². The van der Waals surface area contributed by atoms with Gasteiger partial charge in [-0.2, -0.15) is 0 Å². The van der Waals surface area contributed by atoms with Crippen LogP contribution in [0.5, 0.6) is 5.75 Å². The van der Waals surface area contributed by atoms with Gasteiger partial charge in [-0.3, -0.25) is 4.79 Å². The molecular formula is C10H14N2O2. The molecule has 0 aliphatic heterocycles. The molecule has 0 aliphatic carbocycles. The van der Waals surface area contributed by atoms with Crippen molar-refractivity contribution in [3.05, 3.63) is 23.8 Å². The summed E-state index contributed by atoms with van der Waals surface area (Å²) < 4.78 is 0. The maximum atomic E-state index is 11.2. The van der Waals surface area contributed by atoms with E-state index in [-0.39, 0.29) is 11.7 Å². The maximum absolute atomic E-state index is 11.2. The van der Waals surface area contributed by atoms with E-state index >= 15 is 0 Å². The Morgan fingerprint density at radius 1 is 1.57 bits per heavy atom. The van der Waals surface area contributed by atoms with Crippen LogP contribution in [0.25, 0.3) is 0 Å². The van der Waals surface area contributed by atoms with E-state index < -0.39 is 6.04 Å². The van der Waals surface area contributed by atoms with Crippen molar-refractivity contribution in [2.24, 2.45) is 5.73 Å². The predicted molar refractivity (Wildman–Crippen MR) is 55.1 cm³/mol. The number of hydrogen-bond acceptors (Lipinski definition) is 3. The fourth-order valence-corrected chi connectivity index (χ4v) is 0.997. The van der Waals surface area contributed by atoms with E-state index in [1.54, 1.807) is 19.1 Å². The Morgan fingerprint density at radius 3 is 2.79 bits per heavy atom. The van der Waals surface area contributed by atoms with Gasteiger partial charge in [0.2, 0.25) is 5.91 Å². The highest BCUT2D eigenvalue weighted by atomic mass is 16.3. The molecule has 76 valence electrons. The van der Waals surface area contributed by atoms with Crippen LogP contribution in [0.4, 0.5) is 5.69 Å². The number of nitrogens with two attached hydrogens (primary N) is 1. The summed E-state index contributed by atoms with van der Waals surface area (Å²) in [4.78, 5) is 11.2. The maximum Gasteiger partial charge on any atom is 0.241 e. The number of benzene rings is 1. The molecule has 0 saturated carbocycles. The number of nitrogens with one attached hydrogen (secondary N) is 1. The molecule has 4 N–H and O–H groups in total. The van der Waals surface area contributed by atoms with Gasteiger partial charge in [0.15, 0.2) is 0 Å². The molecule has 0 saturated heterocycles. The molecule has 1 atom stereocenters. The molecule has 0 aliphatic rings. The van der Waals surface area contributed by atoms with Crippen LogP contribution in [-0.4, -0.2) is 17.1 Å². The molecule has 1 aromatic carbocycles. The van der Waals surface area contributed by atoms with Crippen LogP contribution in [0.1, 0.15) is 12.5 Å². The fraction of sp³-hybridized carbons (Fsp3) is 0.300. The number of hydrogen-bond donors (Lipinski definition) is 3. The lowest BCUT2D eigenvalue weighted by Gasteiger charge is -2.09. The zero-order chi connectivity index (χ0) is 10.7. The number of carbonyl (C=O) groups excluding carboxylic acids is 1. The van der Waals surface area contributed by atoms with Crippen molar-refractivity contribution in [2.45, 2.75) is 19.9 Å². The van der Waals surface area contributed by atoms with Crippen LogP contribution in [0.15, 0.2) is 18.2 Å². The van der Waals surface area contributed by atoms with Crippen molar-refractivity contribution in [1.29, 1.82) is 0 Å². The SMILES string of the molecule is Cc1ccc(O)c(NC(=O)C(C)N)c1. The fourth-order valence-electron chi connectivity index (χ4n) is 0.997. The molecule has 4 nitrogen and oxygen atoms in total. The molecule has 0 radical (unpaired) electrons. The molecule has 14 heavy (non-hydrogen) atoms. The number of carbonyl (C=O) groups is 1. The first-order valence-corrected chi connectivity index (χ1v) is 4.37. The van der Waals surface area contributed by atoms with E-state index in [1.165, 1.54) is 6.07 Å². The van der Waals surface area contributed by atoms with Gasteiger partial charge < -0.3 is 16.2 Å². The van der Waals surface area contributed by atoms with E-state index in [4.69, 9.17) is 5.73 Å². The van der Waals surface area contributed by atoms with Crippen molar-refractivity contribution < 1.29 is 9.90 Å². The topological polar surface area (TPSA) is 75.3 Å². The Hall–Kier alpha value is -1.55. The smallest absolute Gasteiger partial charge is 0.241 e. The Bertz CT molecular complexity index is 348. The molecule has 0 spiro atoms. The molecule has 1 aromatic rings. The minimum absolute atomic E-state index is 0.0459. The second-order valence-electron chi connectivity index (χ2n) is 3.30. The van der Waals surface area contributed by atoms with Crippen molar-refractivity contribution in [3.8, 4) is 5.75 Å². The number of amides is 1. The summed E-state index contributed by atoms with van der Waals surface area (Å²) in [5, 5.41) is 11.9. The summed E-state index contributed by atoms with van der Waals surface area (Å²) in [6.45, 7) is 3.46. The van der Waals surface area contributed by atoms with Crippen LogP contribution < -0.4 is 11.1 Å². The summed E-state index contributed by atoms with van der Waals surface area (Å²) in [6.07, 6.45) is 0. The van der Waals surface area contributed by atoms with Crippen LogP contribution in [0.3, 0.4) is 0 Å². The number of anilines is 1. The highest BCUT2D eigenvalue weighted by Crippen LogP contribution is 2.23. The van der Waals surface area contributed by atoms with E-state index in [1.807, 2.05) is 6.92 Å². The molecule has 1 amide bonds. The summed E-state index contributed by atoms with van der Waals surface area (Å²) >= 11 is 0.